The summed E-state index contributed by atoms with van der Waals surface area (Å²) in [6.45, 7) is 7.95. The van der Waals surface area contributed by atoms with E-state index in [1.54, 1.807) is 12.0 Å². The van der Waals surface area contributed by atoms with Crippen LogP contribution in [0.15, 0.2) is 48.5 Å². The normalized spacial score (nSPS) is 11.7. The lowest BCUT2D eigenvalue weighted by Gasteiger charge is -2.31. The Balaban J connectivity index is 2.21. The molecule has 2 aromatic rings. The number of aryl methyl sites for hydroxylation is 1. The molecule has 0 aliphatic rings. The molecule has 2 rings (SSSR count). The van der Waals surface area contributed by atoms with Crippen molar-refractivity contribution in [2.45, 2.75) is 59.2 Å². The Morgan fingerprint density at radius 2 is 1.71 bits per heavy atom. The van der Waals surface area contributed by atoms with Crippen molar-refractivity contribution in [3.63, 3.8) is 0 Å². The van der Waals surface area contributed by atoms with Crippen LogP contribution in [0, 0.1) is 0 Å². The number of hydrogen-bond donors (Lipinski definition) is 1. The lowest BCUT2D eigenvalue weighted by atomic mass is 10.1. The molecule has 6 nitrogen and oxygen atoms in total. The van der Waals surface area contributed by atoms with Crippen LogP contribution in [0.25, 0.3) is 0 Å². The molecule has 1 atom stereocenters. The maximum Gasteiger partial charge on any atom is 0.261 e. The molecule has 0 radical (unpaired) electrons. The SMILES string of the molecule is CCc1ccc(OCC(=O)N(Cc2cccc(OC)c2)[C@H](CC)C(=O)NC(C)C)cc1. The van der Waals surface area contributed by atoms with E-state index in [0.717, 1.165) is 12.0 Å². The van der Waals surface area contributed by atoms with Gasteiger partial charge in [0.25, 0.3) is 5.91 Å². The first-order valence-electron chi connectivity index (χ1n) is 10.8. The third-order valence-corrected chi connectivity index (χ3v) is 5.00. The number of methoxy groups -OCH3 is 1. The molecule has 31 heavy (non-hydrogen) atoms. The summed E-state index contributed by atoms with van der Waals surface area (Å²) >= 11 is 0. The van der Waals surface area contributed by atoms with E-state index >= 15 is 0 Å². The molecule has 1 N–H and O–H groups in total. The van der Waals surface area contributed by atoms with Crippen LogP contribution in [0.1, 0.15) is 45.2 Å². The topological polar surface area (TPSA) is 67.9 Å². The zero-order valence-corrected chi connectivity index (χ0v) is 19.2. The smallest absolute Gasteiger partial charge is 0.261 e. The van der Waals surface area contributed by atoms with Gasteiger partial charge in [0.1, 0.15) is 17.5 Å². The molecule has 0 fully saturated rings. The minimum absolute atomic E-state index is 0.0105. The third kappa shape index (κ3) is 7.31. The highest BCUT2D eigenvalue weighted by Gasteiger charge is 2.29. The first-order valence-corrected chi connectivity index (χ1v) is 10.8. The maximum absolute atomic E-state index is 13.2. The van der Waals surface area contributed by atoms with E-state index in [1.807, 2.05) is 69.3 Å². The van der Waals surface area contributed by atoms with Gasteiger partial charge < -0.3 is 19.7 Å². The number of rotatable bonds is 11. The molecule has 0 aliphatic heterocycles. The predicted octanol–water partition coefficient (Wildman–Crippen LogP) is 3.97. The highest BCUT2D eigenvalue weighted by Crippen LogP contribution is 2.18. The van der Waals surface area contributed by atoms with Crippen molar-refractivity contribution in [3.8, 4) is 11.5 Å². The van der Waals surface area contributed by atoms with Gasteiger partial charge in [-0.3, -0.25) is 9.59 Å². The van der Waals surface area contributed by atoms with Crippen LogP contribution < -0.4 is 14.8 Å². The quantitative estimate of drug-likeness (QED) is 0.590. The average molecular weight is 427 g/mol. The van der Waals surface area contributed by atoms with Crippen molar-refractivity contribution in [1.82, 2.24) is 10.2 Å². The summed E-state index contributed by atoms with van der Waals surface area (Å²) in [7, 11) is 1.60. The number of hydrogen-bond acceptors (Lipinski definition) is 4. The van der Waals surface area contributed by atoms with Crippen LogP contribution in [0.2, 0.25) is 0 Å². The number of ether oxygens (including phenoxy) is 2. The molecule has 0 saturated carbocycles. The molecule has 0 saturated heterocycles. The van der Waals surface area contributed by atoms with E-state index in [-0.39, 0.29) is 31.0 Å². The second-order valence-electron chi connectivity index (χ2n) is 7.75. The van der Waals surface area contributed by atoms with E-state index in [9.17, 15) is 9.59 Å². The summed E-state index contributed by atoms with van der Waals surface area (Å²) in [5.74, 6) is 0.928. The van der Waals surface area contributed by atoms with Gasteiger partial charge in [0, 0.05) is 12.6 Å². The minimum Gasteiger partial charge on any atom is -0.497 e. The van der Waals surface area contributed by atoms with E-state index in [0.29, 0.717) is 17.9 Å². The van der Waals surface area contributed by atoms with Crippen LogP contribution in [-0.4, -0.2) is 42.5 Å². The molecule has 0 heterocycles. The fourth-order valence-corrected chi connectivity index (χ4v) is 3.32. The van der Waals surface area contributed by atoms with E-state index in [1.165, 1.54) is 5.56 Å². The zero-order valence-electron chi connectivity index (χ0n) is 19.2. The summed E-state index contributed by atoms with van der Waals surface area (Å²) in [6, 6.07) is 14.6. The number of carbonyl (C=O) groups is 2. The molecule has 0 aromatic heterocycles. The Morgan fingerprint density at radius 3 is 2.29 bits per heavy atom. The lowest BCUT2D eigenvalue weighted by Crippen LogP contribution is -2.51. The van der Waals surface area contributed by atoms with Crippen LogP contribution in [0.4, 0.5) is 0 Å². The second-order valence-corrected chi connectivity index (χ2v) is 7.75. The van der Waals surface area contributed by atoms with Gasteiger partial charge in [-0.25, -0.2) is 0 Å². The summed E-state index contributed by atoms with van der Waals surface area (Å²) in [4.78, 5) is 27.6. The Kier molecular flexibility index (Phi) is 9.38. The Morgan fingerprint density at radius 1 is 1.00 bits per heavy atom. The molecule has 0 bridgehead atoms. The van der Waals surface area contributed by atoms with Crippen molar-refractivity contribution < 1.29 is 19.1 Å². The number of nitrogens with zero attached hydrogens (tertiary/aromatic N) is 1. The van der Waals surface area contributed by atoms with Gasteiger partial charge >= 0.3 is 0 Å². The fourth-order valence-electron chi connectivity index (χ4n) is 3.32. The van der Waals surface area contributed by atoms with E-state index in [4.69, 9.17) is 9.47 Å². The first-order chi connectivity index (χ1) is 14.9. The molecule has 2 amide bonds. The maximum atomic E-state index is 13.2. The Labute approximate surface area is 185 Å². The van der Waals surface area contributed by atoms with Gasteiger partial charge in [0.15, 0.2) is 6.61 Å². The number of benzene rings is 2. The molecule has 6 heteroatoms. The van der Waals surface area contributed by atoms with Crippen molar-refractivity contribution in [3.05, 3.63) is 59.7 Å². The predicted molar refractivity (Wildman–Crippen MR) is 122 cm³/mol. The second kappa shape index (κ2) is 12.0. The van der Waals surface area contributed by atoms with Gasteiger partial charge in [-0.2, -0.15) is 0 Å². The molecular formula is C25H34N2O4. The Bertz CT molecular complexity index is 849. The van der Waals surface area contributed by atoms with Gasteiger partial charge in [-0.05, 0) is 62.1 Å². The molecule has 0 aliphatic carbocycles. The van der Waals surface area contributed by atoms with Crippen LogP contribution in [0.3, 0.4) is 0 Å². The van der Waals surface area contributed by atoms with Gasteiger partial charge in [-0.15, -0.1) is 0 Å². The van der Waals surface area contributed by atoms with Crippen LogP contribution in [-0.2, 0) is 22.6 Å². The summed E-state index contributed by atoms with van der Waals surface area (Å²) in [6.07, 6.45) is 1.44. The summed E-state index contributed by atoms with van der Waals surface area (Å²) in [5.41, 5.74) is 2.09. The number of carbonyl (C=O) groups excluding carboxylic acids is 2. The third-order valence-electron chi connectivity index (χ3n) is 5.00. The highest BCUT2D eigenvalue weighted by molar-refractivity contribution is 5.88. The molecule has 0 spiro atoms. The van der Waals surface area contributed by atoms with Crippen molar-refractivity contribution in [1.29, 1.82) is 0 Å². The van der Waals surface area contributed by atoms with Crippen molar-refractivity contribution in [2.75, 3.05) is 13.7 Å². The van der Waals surface area contributed by atoms with Gasteiger partial charge in [-0.1, -0.05) is 38.1 Å². The molecule has 2 aromatic carbocycles. The molecule has 0 unspecified atom stereocenters. The fraction of sp³-hybridized carbons (Fsp3) is 0.440. The monoisotopic (exact) mass is 426 g/mol. The lowest BCUT2D eigenvalue weighted by molar-refractivity contribution is -0.143. The van der Waals surface area contributed by atoms with E-state index < -0.39 is 6.04 Å². The minimum atomic E-state index is -0.591. The largest absolute Gasteiger partial charge is 0.497 e. The van der Waals surface area contributed by atoms with Crippen LogP contribution >= 0.6 is 0 Å². The van der Waals surface area contributed by atoms with Crippen molar-refractivity contribution >= 4 is 11.8 Å². The van der Waals surface area contributed by atoms with Gasteiger partial charge in [0.05, 0.1) is 7.11 Å². The standard InChI is InChI=1S/C25H34N2O4/c1-6-19-11-13-21(14-12-19)31-17-24(28)27(23(7-2)25(29)26-18(3)4)16-20-9-8-10-22(15-20)30-5/h8-15,18,23H,6-7,16-17H2,1-5H3,(H,26,29)/t23-/m1/s1. The van der Waals surface area contributed by atoms with Crippen LogP contribution in [0.5, 0.6) is 11.5 Å². The average Bonchev–Trinajstić information content (AvgIpc) is 2.77. The summed E-state index contributed by atoms with van der Waals surface area (Å²) in [5, 5.41) is 2.93. The summed E-state index contributed by atoms with van der Waals surface area (Å²) < 4.78 is 11.0. The molecular weight excluding hydrogens is 392 g/mol. The van der Waals surface area contributed by atoms with E-state index in [2.05, 4.69) is 12.2 Å². The zero-order chi connectivity index (χ0) is 22.8. The number of amides is 2. The van der Waals surface area contributed by atoms with Crippen molar-refractivity contribution in [2.24, 2.45) is 0 Å². The number of nitrogens with one attached hydrogen (secondary N) is 1. The van der Waals surface area contributed by atoms with Gasteiger partial charge in [0.2, 0.25) is 5.91 Å². The Hall–Kier alpha value is -3.02. The first kappa shape index (κ1) is 24.3. The molecule has 168 valence electrons. The highest BCUT2D eigenvalue weighted by atomic mass is 16.5.